The van der Waals surface area contributed by atoms with Crippen LogP contribution >= 0.6 is 23.2 Å². The van der Waals surface area contributed by atoms with Crippen LogP contribution in [-0.4, -0.2) is 22.5 Å². The molecule has 0 aliphatic carbocycles. The number of nitrogens with one attached hydrogen (secondary N) is 2. The van der Waals surface area contributed by atoms with E-state index in [-0.39, 0.29) is 5.97 Å². The van der Waals surface area contributed by atoms with Crippen molar-refractivity contribution in [2.24, 2.45) is 0 Å². The Balaban J connectivity index is 1.77. The highest BCUT2D eigenvalue weighted by molar-refractivity contribution is 6.42. The van der Waals surface area contributed by atoms with E-state index in [2.05, 4.69) is 20.6 Å². The number of nitrogens with two attached hydrogens (primary N) is 1. The average molecular weight is 418 g/mol. The van der Waals surface area contributed by atoms with Crippen LogP contribution in [0.25, 0.3) is 0 Å². The molecule has 9 heteroatoms. The second-order valence-electron chi connectivity index (χ2n) is 5.66. The zero-order chi connectivity index (χ0) is 20.1. The van der Waals surface area contributed by atoms with Crippen LogP contribution in [0.3, 0.4) is 0 Å². The highest BCUT2D eigenvalue weighted by atomic mass is 35.5. The molecule has 0 radical (unpaired) electrons. The number of anilines is 5. The third-order valence-electron chi connectivity index (χ3n) is 3.73. The lowest BCUT2D eigenvalue weighted by atomic mass is 10.2. The van der Waals surface area contributed by atoms with Crippen LogP contribution < -0.4 is 16.4 Å². The lowest BCUT2D eigenvalue weighted by Crippen LogP contribution is -2.06. The number of nitrogen functional groups attached to an aromatic ring is 1. The summed E-state index contributed by atoms with van der Waals surface area (Å²) < 4.78 is 4.97. The van der Waals surface area contributed by atoms with Gasteiger partial charge in [-0.05, 0) is 49.4 Å². The smallest absolute Gasteiger partial charge is 0.338 e. The van der Waals surface area contributed by atoms with Gasteiger partial charge in [-0.2, -0.15) is 0 Å². The molecule has 0 aliphatic heterocycles. The summed E-state index contributed by atoms with van der Waals surface area (Å²) in [6, 6.07) is 11.9. The number of carbonyl (C=O) groups is 1. The Bertz CT molecular complexity index is 996. The number of rotatable bonds is 6. The molecule has 1 aromatic heterocycles. The Morgan fingerprint density at radius 2 is 1.61 bits per heavy atom. The summed E-state index contributed by atoms with van der Waals surface area (Å²) in [5.74, 6) is 0.462. The van der Waals surface area contributed by atoms with Crippen LogP contribution in [0.15, 0.2) is 48.8 Å². The van der Waals surface area contributed by atoms with E-state index in [0.717, 1.165) is 0 Å². The van der Waals surface area contributed by atoms with E-state index in [9.17, 15) is 4.79 Å². The molecule has 144 valence electrons. The molecular formula is C19H17Cl2N5O2. The van der Waals surface area contributed by atoms with Crippen molar-refractivity contribution in [1.29, 1.82) is 0 Å². The molecule has 0 spiro atoms. The molecule has 0 fully saturated rings. The second kappa shape index (κ2) is 8.77. The van der Waals surface area contributed by atoms with Gasteiger partial charge in [-0.15, -0.1) is 0 Å². The van der Waals surface area contributed by atoms with Crippen LogP contribution in [0.2, 0.25) is 10.0 Å². The Kier molecular flexibility index (Phi) is 6.18. The second-order valence-corrected chi connectivity index (χ2v) is 6.48. The summed E-state index contributed by atoms with van der Waals surface area (Å²) in [4.78, 5) is 20.1. The zero-order valence-corrected chi connectivity index (χ0v) is 16.4. The Hall–Kier alpha value is -3.03. The third-order valence-corrected chi connectivity index (χ3v) is 4.46. The summed E-state index contributed by atoms with van der Waals surface area (Å²) >= 11 is 12.0. The summed E-state index contributed by atoms with van der Waals surface area (Å²) in [5, 5.41) is 7.06. The minimum Gasteiger partial charge on any atom is -0.462 e. The van der Waals surface area contributed by atoms with Crippen LogP contribution in [-0.2, 0) is 4.74 Å². The molecule has 0 saturated heterocycles. The largest absolute Gasteiger partial charge is 0.462 e. The fourth-order valence-electron chi connectivity index (χ4n) is 2.35. The maximum Gasteiger partial charge on any atom is 0.338 e. The van der Waals surface area contributed by atoms with E-state index in [4.69, 9.17) is 33.7 Å². The molecule has 0 bridgehead atoms. The van der Waals surface area contributed by atoms with Crippen molar-refractivity contribution in [3.8, 4) is 0 Å². The number of ether oxygens (including phenoxy) is 1. The van der Waals surface area contributed by atoms with Crippen molar-refractivity contribution in [2.75, 3.05) is 23.0 Å². The summed E-state index contributed by atoms with van der Waals surface area (Å²) in [6.07, 6.45) is 1.38. The molecule has 0 unspecified atom stereocenters. The molecule has 0 saturated carbocycles. The highest BCUT2D eigenvalue weighted by Crippen LogP contribution is 2.31. The molecule has 28 heavy (non-hydrogen) atoms. The van der Waals surface area contributed by atoms with Gasteiger partial charge in [0.15, 0.2) is 11.6 Å². The normalized spacial score (nSPS) is 10.4. The topological polar surface area (TPSA) is 102 Å². The van der Waals surface area contributed by atoms with Gasteiger partial charge in [-0.1, -0.05) is 23.2 Å². The number of esters is 1. The molecule has 2 aromatic carbocycles. The first kappa shape index (κ1) is 19.7. The number of hydrogen-bond donors (Lipinski definition) is 3. The molecule has 4 N–H and O–H groups in total. The fraction of sp³-hybridized carbons (Fsp3) is 0.105. The van der Waals surface area contributed by atoms with Gasteiger partial charge in [-0.3, -0.25) is 0 Å². The quantitative estimate of drug-likeness (QED) is 0.483. The predicted molar refractivity (Wildman–Crippen MR) is 112 cm³/mol. The van der Waals surface area contributed by atoms with E-state index >= 15 is 0 Å². The average Bonchev–Trinajstić information content (AvgIpc) is 2.68. The Labute approximate surface area is 171 Å². The Morgan fingerprint density at radius 1 is 1.00 bits per heavy atom. The Morgan fingerprint density at radius 3 is 2.21 bits per heavy atom. The minimum absolute atomic E-state index is 0.322. The van der Waals surface area contributed by atoms with Gasteiger partial charge in [0.05, 0.1) is 22.2 Å². The van der Waals surface area contributed by atoms with Crippen molar-refractivity contribution in [2.45, 2.75) is 6.92 Å². The minimum atomic E-state index is -0.372. The molecule has 3 aromatic rings. The van der Waals surface area contributed by atoms with Crippen molar-refractivity contribution >= 4 is 57.9 Å². The summed E-state index contributed by atoms with van der Waals surface area (Å²) in [7, 11) is 0. The zero-order valence-electron chi connectivity index (χ0n) is 14.9. The van der Waals surface area contributed by atoms with Crippen LogP contribution in [0.1, 0.15) is 17.3 Å². The van der Waals surface area contributed by atoms with Crippen molar-refractivity contribution in [1.82, 2.24) is 9.97 Å². The monoisotopic (exact) mass is 417 g/mol. The molecule has 0 aliphatic rings. The third kappa shape index (κ3) is 4.62. The maximum absolute atomic E-state index is 11.7. The van der Waals surface area contributed by atoms with Gasteiger partial charge >= 0.3 is 5.97 Å². The number of carbonyl (C=O) groups excluding carboxylic acids is 1. The highest BCUT2D eigenvalue weighted by Gasteiger charge is 2.11. The van der Waals surface area contributed by atoms with E-state index < -0.39 is 0 Å². The molecule has 7 nitrogen and oxygen atoms in total. The van der Waals surface area contributed by atoms with Gasteiger partial charge < -0.3 is 21.1 Å². The predicted octanol–water partition coefficient (Wildman–Crippen LogP) is 5.03. The molecule has 3 rings (SSSR count). The van der Waals surface area contributed by atoms with E-state index in [1.54, 1.807) is 49.4 Å². The van der Waals surface area contributed by atoms with E-state index in [1.165, 1.54) is 6.33 Å². The lowest BCUT2D eigenvalue weighted by molar-refractivity contribution is 0.0526. The summed E-state index contributed by atoms with van der Waals surface area (Å²) in [6.45, 7) is 2.08. The van der Waals surface area contributed by atoms with Crippen molar-refractivity contribution in [3.05, 3.63) is 64.4 Å². The van der Waals surface area contributed by atoms with Gasteiger partial charge in [-0.25, -0.2) is 14.8 Å². The van der Waals surface area contributed by atoms with Crippen molar-refractivity contribution in [3.63, 3.8) is 0 Å². The van der Waals surface area contributed by atoms with Gasteiger partial charge in [0, 0.05) is 11.4 Å². The van der Waals surface area contributed by atoms with Crippen LogP contribution in [0.5, 0.6) is 0 Å². The maximum atomic E-state index is 11.7. The van der Waals surface area contributed by atoms with Crippen molar-refractivity contribution < 1.29 is 9.53 Å². The van der Waals surface area contributed by atoms with E-state index in [1.807, 2.05) is 0 Å². The number of halogens is 2. The molecule has 0 amide bonds. The number of aromatic nitrogens is 2. The standard InChI is InChI=1S/C19H17Cl2N5O2/c1-2-28-19(27)11-3-5-12(6-4-11)25-17-16(22)18(24-10-23-17)26-13-7-8-14(20)15(21)9-13/h3-10H,2,22H2,1H3,(H2,23,24,25,26). The number of hydrogen-bond acceptors (Lipinski definition) is 7. The first-order valence-electron chi connectivity index (χ1n) is 8.34. The first-order chi connectivity index (χ1) is 13.5. The van der Waals surface area contributed by atoms with Gasteiger partial charge in [0.2, 0.25) is 0 Å². The fourth-order valence-corrected chi connectivity index (χ4v) is 2.64. The molecular weight excluding hydrogens is 401 g/mol. The van der Waals surface area contributed by atoms with E-state index in [0.29, 0.717) is 50.9 Å². The molecule has 0 atom stereocenters. The molecule has 1 heterocycles. The van der Waals surface area contributed by atoms with Crippen LogP contribution in [0, 0.1) is 0 Å². The van der Waals surface area contributed by atoms with Crippen LogP contribution in [0.4, 0.5) is 28.7 Å². The SMILES string of the molecule is CCOC(=O)c1ccc(Nc2ncnc(Nc3ccc(Cl)c(Cl)c3)c2N)cc1. The van der Waals surface area contributed by atoms with Gasteiger partial charge in [0.1, 0.15) is 12.0 Å². The number of benzene rings is 2. The summed E-state index contributed by atoms with van der Waals surface area (Å²) in [5.41, 5.74) is 8.36. The lowest BCUT2D eigenvalue weighted by Gasteiger charge is -2.13. The van der Waals surface area contributed by atoms with Gasteiger partial charge in [0.25, 0.3) is 0 Å². The first-order valence-corrected chi connectivity index (χ1v) is 9.10. The number of nitrogens with zero attached hydrogens (tertiary/aromatic N) is 2.